The fourth-order valence-electron chi connectivity index (χ4n) is 4.47. The molecule has 3 heterocycles. The second kappa shape index (κ2) is 9.88. The van der Waals surface area contributed by atoms with Crippen molar-refractivity contribution >= 4 is 23.0 Å². The van der Waals surface area contributed by atoms with E-state index in [0.717, 1.165) is 38.0 Å². The molecule has 1 aromatic heterocycles. The van der Waals surface area contributed by atoms with Gasteiger partial charge in [-0.2, -0.15) is 0 Å². The monoisotopic (exact) mass is 454 g/mol. The van der Waals surface area contributed by atoms with E-state index in [2.05, 4.69) is 4.90 Å². The minimum absolute atomic E-state index is 0.00169. The number of carbonyl (C=O) groups is 2. The van der Waals surface area contributed by atoms with Crippen molar-refractivity contribution in [2.45, 2.75) is 45.3 Å². The van der Waals surface area contributed by atoms with Crippen LogP contribution in [0.4, 0.5) is 0 Å². The lowest BCUT2D eigenvalue weighted by atomic mass is 9.95. The number of hydrogen-bond acceptors (Lipinski definition) is 6. The summed E-state index contributed by atoms with van der Waals surface area (Å²) >= 11 is 1.31. The van der Waals surface area contributed by atoms with Crippen LogP contribution in [0.3, 0.4) is 0 Å². The van der Waals surface area contributed by atoms with E-state index in [-0.39, 0.29) is 17.5 Å². The van der Waals surface area contributed by atoms with Gasteiger partial charge in [0, 0.05) is 13.1 Å². The van der Waals surface area contributed by atoms with Crippen LogP contribution in [-0.2, 0) is 4.79 Å². The van der Waals surface area contributed by atoms with Gasteiger partial charge in [-0.25, -0.2) is 0 Å². The number of likely N-dealkylation sites (tertiary alicyclic amines) is 1. The Bertz CT molecular complexity index is 993. The summed E-state index contributed by atoms with van der Waals surface area (Å²) in [6.07, 6.45) is 3.57. The zero-order valence-corrected chi connectivity index (χ0v) is 19.4. The molecule has 1 fully saturated rings. The highest BCUT2D eigenvalue weighted by Crippen LogP contribution is 2.40. The Balaban J connectivity index is 1.68. The van der Waals surface area contributed by atoms with Crippen LogP contribution < -0.4 is 4.74 Å². The van der Waals surface area contributed by atoms with Crippen molar-refractivity contribution in [1.82, 2.24) is 9.80 Å². The Morgan fingerprint density at radius 3 is 2.62 bits per heavy atom. The summed E-state index contributed by atoms with van der Waals surface area (Å²) in [6.45, 7) is 7.11. The van der Waals surface area contributed by atoms with Gasteiger partial charge in [-0.15, -0.1) is 11.3 Å². The van der Waals surface area contributed by atoms with Crippen LogP contribution >= 0.6 is 11.3 Å². The van der Waals surface area contributed by atoms with Crippen LogP contribution in [-0.4, -0.2) is 58.9 Å². The van der Waals surface area contributed by atoms with Gasteiger partial charge >= 0.3 is 0 Å². The maximum atomic E-state index is 13.3. The van der Waals surface area contributed by atoms with Crippen molar-refractivity contribution in [2.75, 3.05) is 26.2 Å². The first kappa shape index (κ1) is 22.6. The van der Waals surface area contributed by atoms with Gasteiger partial charge in [0.15, 0.2) is 5.76 Å². The van der Waals surface area contributed by atoms with E-state index < -0.39 is 17.7 Å². The number of carbonyl (C=O) groups excluding carboxylic acids is 2. The van der Waals surface area contributed by atoms with Crippen LogP contribution in [0.2, 0.25) is 0 Å². The normalized spacial score (nSPS) is 19.8. The number of hydrogen-bond donors (Lipinski definition) is 1. The van der Waals surface area contributed by atoms with Crippen LogP contribution in [0.25, 0.3) is 0 Å². The molecule has 6 nitrogen and oxygen atoms in total. The lowest BCUT2D eigenvalue weighted by molar-refractivity contribution is -0.129. The molecule has 1 aromatic carbocycles. The highest BCUT2D eigenvalue weighted by atomic mass is 32.1. The topological polar surface area (TPSA) is 70.1 Å². The third kappa shape index (κ3) is 4.74. The van der Waals surface area contributed by atoms with E-state index in [1.54, 1.807) is 17.0 Å². The number of benzene rings is 1. The third-order valence-electron chi connectivity index (χ3n) is 5.94. The Hall–Kier alpha value is -2.64. The van der Waals surface area contributed by atoms with Gasteiger partial charge in [-0.3, -0.25) is 9.59 Å². The minimum Gasteiger partial charge on any atom is -0.503 e. The summed E-state index contributed by atoms with van der Waals surface area (Å²) in [4.78, 5) is 31.0. The second-order valence-corrected chi connectivity index (χ2v) is 9.56. The van der Waals surface area contributed by atoms with Gasteiger partial charge in [0.2, 0.25) is 5.78 Å². The summed E-state index contributed by atoms with van der Waals surface area (Å²) in [7, 11) is 0. The molecule has 1 atom stereocenters. The molecule has 2 aliphatic heterocycles. The van der Waals surface area contributed by atoms with Crippen molar-refractivity contribution in [3.63, 3.8) is 0 Å². The number of Topliss-reactive ketones (excluding diaryl/α,β-unsaturated/α-hetero) is 1. The summed E-state index contributed by atoms with van der Waals surface area (Å²) < 4.78 is 5.85. The first-order valence-corrected chi connectivity index (χ1v) is 12.1. The Kier molecular flexibility index (Phi) is 6.96. The van der Waals surface area contributed by atoms with Crippen molar-refractivity contribution in [3.8, 4) is 5.75 Å². The van der Waals surface area contributed by atoms with Crippen LogP contribution in [0.5, 0.6) is 5.75 Å². The van der Waals surface area contributed by atoms with E-state index >= 15 is 0 Å². The van der Waals surface area contributed by atoms with E-state index in [4.69, 9.17) is 4.74 Å². The quantitative estimate of drug-likeness (QED) is 0.591. The summed E-state index contributed by atoms with van der Waals surface area (Å²) in [5.74, 6) is -0.550. The van der Waals surface area contributed by atoms with E-state index in [9.17, 15) is 14.7 Å². The Morgan fingerprint density at radius 2 is 1.94 bits per heavy atom. The molecular formula is C25H30N2O4S. The largest absolute Gasteiger partial charge is 0.503 e. The average Bonchev–Trinajstić information content (AvgIpc) is 3.40. The number of ketones is 1. The predicted molar refractivity (Wildman–Crippen MR) is 125 cm³/mol. The molecule has 1 unspecified atom stereocenters. The van der Waals surface area contributed by atoms with E-state index in [1.807, 2.05) is 43.5 Å². The van der Waals surface area contributed by atoms with Gasteiger partial charge in [0.05, 0.1) is 22.6 Å². The van der Waals surface area contributed by atoms with Crippen molar-refractivity contribution < 1.29 is 19.4 Å². The van der Waals surface area contributed by atoms with Gasteiger partial charge in [0.25, 0.3) is 5.91 Å². The lowest BCUT2D eigenvalue weighted by Crippen LogP contribution is -2.40. The van der Waals surface area contributed by atoms with Gasteiger partial charge in [-0.05, 0) is 68.9 Å². The Morgan fingerprint density at radius 1 is 1.16 bits per heavy atom. The van der Waals surface area contributed by atoms with E-state index in [1.165, 1.54) is 17.8 Å². The summed E-state index contributed by atoms with van der Waals surface area (Å²) in [5, 5.41) is 12.6. The van der Waals surface area contributed by atoms with Gasteiger partial charge < -0.3 is 19.6 Å². The van der Waals surface area contributed by atoms with Crippen molar-refractivity contribution in [3.05, 3.63) is 63.6 Å². The van der Waals surface area contributed by atoms with Crippen molar-refractivity contribution in [1.29, 1.82) is 0 Å². The number of rotatable bonds is 8. The Labute approximate surface area is 193 Å². The number of thiophene rings is 1. The molecule has 2 aromatic rings. The fourth-order valence-corrected chi connectivity index (χ4v) is 5.14. The zero-order chi connectivity index (χ0) is 22.7. The highest BCUT2D eigenvalue weighted by Gasteiger charge is 2.44. The lowest BCUT2D eigenvalue weighted by Gasteiger charge is -2.31. The van der Waals surface area contributed by atoms with Crippen LogP contribution in [0.1, 0.15) is 54.4 Å². The highest BCUT2D eigenvalue weighted by molar-refractivity contribution is 7.12. The van der Waals surface area contributed by atoms with Gasteiger partial charge in [-0.1, -0.05) is 24.6 Å². The number of piperidine rings is 1. The minimum atomic E-state index is -0.641. The van der Waals surface area contributed by atoms with Crippen LogP contribution in [0, 0.1) is 0 Å². The third-order valence-corrected chi connectivity index (χ3v) is 6.81. The number of aliphatic hydroxyl groups excluding tert-OH is 1. The number of ether oxygens (including phenoxy) is 1. The molecule has 1 amide bonds. The molecule has 0 bridgehead atoms. The number of amides is 1. The zero-order valence-electron chi connectivity index (χ0n) is 18.6. The molecule has 4 rings (SSSR count). The summed E-state index contributed by atoms with van der Waals surface area (Å²) in [5.41, 5.74) is 0.914. The molecule has 1 N–H and O–H groups in total. The second-order valence-electron chi connectivity index (χ2n) is 8.61. The number of nitrogens with zero attached hydrogens (tertiary/aromatic N) is 2. The molecule has 32 heavy (non-hydrogen) atoms. The molecule has 170 valence electrons. The fraction of sp³-hybridized carbons (Fsp3) is 0.440. The van der Waals surface area contributed by atoms with E-state index in [0.29, 0.717) is 17.2 Å². The predicted octanol–water partition coefficient (Wildman–Crippen LogP) is 4.60. The van der Waals surface area contributed by atoms with Gasteiger partial charge in [0.1, 0.15) is 5.75 Å². The standard InChI is InChI=1S/C25H30N2O4S/c1-17(2)31-19-9-6-8-18(16-19)22-21(23(28)20-10-7-15-32-20)24(29)25(30)27(22)14-13-26-11-4-3-5-12-26/h6-10,15-17,22,29H,3-5,11-14H2,1-2H3. The molecule has 7 heteroatoms. The van der Waals surface area contributed by atoms with Crippen molar-refractivity contribution in [2.24, 2.45) is 0 Å². The summed E-state index contributed by atoms with van der Waals surface area (Å²) in [6, 6.07) is 10.4. The maximum Gasteiger partial charge on any atom is 0.290 e. The first-order chi connectivity index (χ1) is 15.5. The molecule has 0 saturated carbocycles. The number of aliphatic hydroxyl groups is 1. The molecule has 0 spiro atoms. The SMILES string of the molecule is CC(C)Oc1cccc(C2C(C(=O)c3cccs3)=C(O)C(=O)N2CCN2CCCCC2)c1. The first-order valence-electron chi connectivity index (χ1n) is 11.3. The molecule has 0 aliphatic carbocycles. The molecule has 1 saturated heterocycles. The average molecular weight is 455 g/mol. The molecular weight excluding hydrogens is 424 g/mol. The van der Waals surface area contributed by atoms with Crippen LogP contribution in [0.15, 0.2) is 53.1 Å². The molecule has 2 aliphatic rings. The molecule has 0 radical (unpaired) electrons. The maximum absolute atomic E-state index is 13.3. The smallest absolute Gasteiger partial charge is 0.290 e.